The first-order valence-electron chi connectivity index (χ1n) is 5.92. The molecule has 1 saturated heterocycles. The quantitative estimate of drug-likeness (QED) is 0.906. The molecule has 0 spiro atoms. The Balaban J connectivity index is 0.00000144. The lowest BCUT2D eigenvalue weighted by molar-refractivity contribution is 0.163. The zero-order valence-corrected chi connectivity index (χ0v) is 12.5. The molecule has 2 N–H and O–H groups in total. The SMILES string of the molecule is CC(c1ccccc1Br)N1CCC(N)CC1.Cl. The third-order valence-corrected chi connectivity index (χ3v) is 4.20. The fourth-order valence-electron chi connectivity index (χ4n) is 2.32. The van der Waals surface area contributed by atoms with Gasteiger partial charge in [0.2, 0.25) is 0 Å². The van der Waals surface area contributed by atoms with Crippen molar-refractivity contribution < 1.29 is 0 Å². The monoisotopic (exact) mass is 318 g/mol. The van der Waals surface area contributed by atoms with Crippen molar-refractivity contribution in [2.75, 3.05) is 13.1 Å². The van der Waals surface area contributed by atoms with Gasteiger partial charge in [-0.2, -0.15) is 0 Å². The van der Waals surface area contributed by atoms with Crippen LogP contribution in [-0.2, 0) is 0 Å². The Kier molecular flexibility index (Phi) is 5.93. The Hall–Kier alpha value is -0.0900. The van der Waals surface area contributed by atoms with Crippen molar-refractivity contribution in [3.63, 3.8) is 0 Å². The van der Waals surface area contributed by atoms with E-state index in [1.165, 1.54) is 10.0 Å². The van der Waals surface area contributed by atoms with E-state index < -0.39 is 0 Å². The second-order valence-corrected chi connectivity index (χ2v) is 5.43. The molecule has 0 bridgehead atoms. The molecule has 17 heavy (non-hydrogen) atoms. The van der Waals surface area contributed by atoms with Gasteiger partial charge in [-0.25, -0.2) is 0 Å². The van der Waals surface area contributed by atoms with Gasteiger partial charge in [0.05, 0.1) is 0 Å². The summed E-state index contributed by atoms with van der Waals surface area (Å²) in [4.78, 5) is 2.52. The van der Waals surface area contributed by atoms with Crippen LogP contribution < -0.4 is 5.73 Å². The fraction of sp³-hybridized carbons (Fsp3) is 0.538. The largest absolute Gasteiger partial charge is 0.328 e. The molecule has 1 aromatic rings. The fourth-order valence-corrected chi connectivity index (χ4v) is 2.93. The van der Waals surface area contributed by atoms with E-state index in [4.69, 9.17) is 5.73 Å². The highest BCUT2D eigenvalue weighted by Gasteiger charge is 2.22. The number of halogens is 2. The lowest BCUT2D eigenvalue weighted by atomic mass is 10.0. The molecule has 1 fully saturated rings. The molecule has 1 aliphatic rings. The number of hydrogen-bond donors (Lipinski definition) is 1. The molecule has 2 rings (SSSR count). The summed E-state index contributed by atoms with van der Waals surface area (Å²) < 4.78 is 1.21. The summed E-state index contributed by atoms with van der Waals surface area (Å²) in [6, 6.07) is 9.36. The van der Waals surface area contributed by atoms with Gasteiger partial charge >= 0.3 is 0 Å². The summed E-state index contributed by atoms with van der Waals surface area (Å²) in [6.45, 7) is 4.50. The van der Waals surface area contributed by atoms with Crippen molar-refractivity contribution in [3.8, 4) is 0 Å². The predicted octanol–water partition coefficient (Wildman–Crippen LogP) is 3.36. The van der Waals surface area contributed by atoms with Gasteiger partial charge in [-0.1, -0.05) is 34.1 Å². The second-order valence-electron chi connectivity index (χ2n) is 4.57. The highest BCUT2D eigenvalue weighted by atomic mass is 79.9. The first kappa shape index (κ1) is 15.0. The molecular formula is C13H20BrClN2. The molecule has 1 heterocycles. The minimum Gasteiger partial charge on any atom is -0.328 e. The number of piperidine rings is 1. The smallest absolute Gasteiger partial charge is 0.0331 e. The van der Waals surface area contributed by atoms with Gasteiger partial charge < -0.3 is 5.73 Å². The molecule has 96 valence electrons. The Morgan fingerprint density at radius 2 is 1.88 bits per heavy atom. The van der Waals surface area contributed by atoms with E-state index in [0.717, 1.165) is 25.9 Å². The Labute approximate surface area is 118 Å². The van der Waals surface area contributed by atoms with Crippen molar-refractivity contribution in [2.45, 2.75) is 31.8 Å². The van der Waals surface area contributed by atoms with E-state index in [0.29, 0.717) is 12.1 Å². The highest BCUT2D eigenvalue weighted by molar-refractivity contribution is 9.10. The molecule has 0 aliphatic carbocycles. The summed E-state index contributed by atoms with van der Waals surface area (Å²) in [6.07, 6.45) is 2.24. The number of nitrogens with two attached hydrogens (primary N) is 1. The zero-order valence-electron chi connectivity index (χ0n) is 10.1. The molecule has 1 atom stereocenters. The Bertz CT molecular complexity index is 351. The van der Waals surface area contributed by atoms with Crippen LogP contribution in [0.2, 0.25) is 0 Å². The van der Waals surface area contributed by atoms with Gasteiger partial charge in [0.1, 0.15) is 0 Å². The standard InChI is InChI=1S/C13H19BrN2.ClH/c1-10(12-4-2-3-5-13(12)14)16-8-6-11(15)7-9-16;/h2-5,10-11H,6-9,15H2,1H3;1H. The van der Waals surface area contributed by atoms with Crippen molar-refractivity contribution in [1.82, 2.24) is 4.90 Å². The molecule has 4 heteroatoms. The first-order valence-corrected chi connectivity index (χ1v) is 6.72. The van der Waals surface area contributed by atoms with Crippen LogP contribution in [-0.4, -0.2) is 24.0 Å². The van der Waals surface area contributed by atoms with Crippen LogP contribution in [0, 0.1) is 0 Å². The van der Waals surface area contributed by atoms with Crippen LogP contribution in [0.1, 0.15) is 31.4 Å². The molecule has 1 unspecified atom stereocenters. The maximum atomic E-state index is 5.93. The summed E-state index contributed by atoms with van der Waals surface area (Å²) >= 11 is 3.62. The summed E-state index contributed by atoms with van der Waals surface area (Å²) in [7, 11) is 0. The van der Waals surface area contributed by atoms with Crippen LogP contribution in [0.4, 0.5) is 0 Å². The average Bonchev–Trinajstić information content (AvgIpc) is 2.30. The topological polar surface area (TPSA) is 29.3 Å². The maximum Gasteiger partial charge on any atom is 0.0331 e. The summed E-state index contributed by atoms with van der Waals surface area (Å²) in [5, 5.41) is 0. The third-order valence-electron chi connectivity index (χ3n) is 3.48. The predicted molar refractivity (Wildman–Crippen MR) is 78.6 cm³/mol. The van der Waals surface area contributed by atoms with Crippen molar-refractivity contribution >= 4 is 28.3 Å². The number of nitrogens with zero attached hydrogens (tertiary/aromatic N) is 1. The van der Waals surface area contributed by atoms with Crippen LogP contribution >= 0.6 is 28.3 Å². The van der Waals surface area contributed by atoms with Crippen molar-refractivity contribution in [3.05, 3.63) is 34.3 Å². The van der Waals surface area contributed by atoms with Gasteiger partial charge in [-0.15, -0.1) is 12.4 Å². The third kappa shape index (κ3) is 3.68. The molecule has 1 aromatic carbocycles. The van der Waals surface area contributed by atoms with Gasteiger partial charge in [0.15, 0.2) is 0 Å². The van der Waals surface area contributed by atoms with Crippen molar-refractivity contribution in [1.29, 1.82) is 0 Å². The van der Waals surface area contributed by atoms with E-state index in [1.54, 1.807) is 0 Å². The highest BCUT2D eigenvalue weighted by Crippen LogP contribution is 2.29. The van der Waals surface area contributed by atoms with Gasteiger partial charge in [0, 0.05) is 29.6 Å². The lowest BCUT2D eigenvalue weighted by Gasteiger charge is -2.35. The lowest BCUT2D eigenvalue weighted by Crippen LogP contribution is -2.40. The maximum absolute atomic E-state index is 5.93. The minimum atomic E-state index is 0. The van der Waals surface area contributed by atoms with Crippen LogP contribution in [0.3, 0.4) is 0 Å². The molecule has 1 aliphatic heterocycles. The molecule has 0 aromatic heterocycles. The van der Waals surface area contributed by atoms with Gasteiger partial charge in [0.25, 0.3) is 0 Å². The summed E-state index contributed by atoms with van der Waals surface area (Å²) in [5.74, 6) is 0. The number of rotatable bonds is 2. The average molecular weight is 320 g/mol. The summed E-state index contributed by atoms with van der Waals surface area (Å²) in [5.41, 5.74) is 7.30. The molecule has 0 amide bonds. The minimum absolute atomic E-state index is 0. The van der Waals surface area contributed by atoms with Gasteiger partial charge in [-0.3, -0.25) is 4.90 Å². The Morgan fingerprint density at radius 1 is 1.29 bits per heavy atom. The number of likely N-dealkylation sites (tertiary alicyclic amines) is 1. The number of hydrogen-bond acceptors (Lipinski definition) is 2. The number of benzene rings is 1. The van der Waals surface area contributed by atoms with Crippen molar-refractivity contribution in [2.24, 2.45) is 5.73 Å². The second kappa shape index (κ2) is 6.74. The molecule has 2 nitrogen and oxygen atoms in total. The zero-order chi connectivity index (χ0) is 11.5. The van der Waals surface area contributed by atoms with E-state index in [1.807, 2.05) is 0 Å². The van der Waals surface area contributed by atoms with E-state index >= 15 is 0 Å². The van der Waals surface area contributed by atoms with E-state index in [-0.39, 0.29) is 12.4 Å². The van der Waals surface area contributed by atoms with E-state index in [2.05, 4.69) is 52.0 Å². The molecule has 0 radical (unpaired) electrons. The normalized spacial score (nSPS) is 19.7. The molecular weight excluding hydrogens is 300 g/mol. The van der Waals surface area contributed by atoms with Crippen LogP contribution in [0.15, 0.2) is 28.7 Å². The first-order chi connectivity index (χ1) is 7.68. The van der Waals surface area contributed by atoms with Crippen LogP contribution in [0.25, 0.3) is 0 Å². The van der Waals surface area contributed by atoms with Gasteiger partial charge in [-0.05, 0) is 31.4 Å². The van der Waals surface area contributed by atoms with Crippen LogP contribution in [0.5, 0.6) is 0 Å². The van der Waals surface area contributed by atoms with E-state index in [9.17, 15) is 0 Å². The molecule has 0 saturated carbocycles. The Morgan fingerprint density at radius 3 is 2.47 bits per heavy atom.